The van der Waals surface area contributed by atoms with Gasteiger partial charge in [0.1, 0.15) is 0 Å². The Morgan fingerprint density at radius 2 is 1.73 bits per heavy atom. The van der Waals surface area contributed by atoms with Crippen LogP contribution in [-0.2, 0) is 5.54 Å². The average molecular weight is 203 g/mol. The molecule has 0 aliphatic rings. The first-order valence-electron chi connectivity index (χ1n) is 5.35. The third-order valence-electron chi connectivity index (χ3n) is 2.81. The molecule has 0 spiro atoms. The summed E-state index contributed by atoms with van der Waals surface area (Å²) in [7, 11) is 0. The van der Waals surface area contributed by atoms with Crippen LogP contribution in [-0.4, -0.2) is 0 Å². The quantitative estimate of drug-likeness (QED) is 0.745. The van der Waals surface area contributed by atoms with Crippen molar-refractivity contribution in [2.75, 3.05) is 0 Å². The van der Waals surface area contributed by atoms with E-state index >= 15 is 0 Å². The first-order chi connectivity index (χ1) is 6.87. The van der Waals surface area contributed by atoms with Gasteiger partial charge < -0.3 is 5.73 Å². The van der Waals surface area contributed by atoms with Gasteiger partial charge in [0.05, 0.1) is 0 Å². The second-order valence-corrected chi connectivity index (χ2v) is 5.15. The van der Waals surface area contributed by atoms with Crippen LogP contribution in [0.5, 0.6) is 0 Å². The van der Waals surface area contributed by atoms with Gasteiger partial charge in [0.2, 0.25) is 0 Å². The molecule has 0 unspecified atom stereocenters. The van der Waals surface area contributed by atoms with Crippen molar-refractivity contribution in [2.45, 2.75) is 32.7 Å². The van der Waals surface area contributed by atoms with Crippen LogP contribution in [0.15, 0.2) is 43.0 Å². The summed E-state index contributed by atoms with van der Waals surface area (Å²) in [4.78, 5) is 0. The molecule has 1 aromatic carbocycles. The maximum atomic E-state index is 6.35. The SMILES string of the molecule is C=CC(C)(C)C[C@@](C)(N)c1ccccc1. The van der Waals surface area contributed by atoms with E-state index in [1.54, 1.807) is 0 Å². The topological polar surface area (TPSA) is 26.0 Å². The molecule has 82 valence electrons. The van der Waals surface area contributed by atoms with Crippen LogP contribution in [0.4, 0.5) is 0 Å². The molecule has 1 atom stereocenters. The largest absolute Gasteiger partial charge is 0.322 e. The van der Waals surface area contributed by atoms with Gasteiger partial charge in [0.25, 0.3) is 0 Å². The van der Waals surface area contributed by atoms with Gasteiger partial charge in [-0.3, -0.25) is 0 Å². The Kier molecular flexibility index (Phi) is 3.35. The molecule has 0 bridgehead atoms. The predicted molar refractivity (Wildman–Crippen MR) is 66.6 cm³/mol. The molecular formula is C14H21N. The average Bonchev–Trinajstić information content (AvgIpc) is 2.18. The van der Waals surface area contributed by atoms with E-state index in [1.807, 2.05) is 24.3 Å². The second kappa shape index (κ2) is 4.19. The van der Waals surface area contributed by atoms with Crippen molar-refractivity contribution in [3.05, 3.63) is 48.6 Å². The lowest BCUT2D eigenvalue weighted by molar-refractivity contribution is 0.309. The summed E-state index contributed by atoms with van der Waals surface area (Å²) in [6.45, 7) is 10.3. The highest BCUT2D eigenvalue weighted by Gasteiger charge is 2.28. The summed E-state index contributed by atoms with van der Waals surface area (Å²) >= 11 is 0. The molecule has 0 aliphatic carbocycles. The molecule has 1 heteroatoms. The molecule has 0 fully saturated rings. The lowest BCUT2D eigenvalue weighted by atomic mass is 9.76. The number of rotatable bonds is 4. The van der Waals surface area contributed by atoms with Gasteiger partial charge in [0, 0.05) is 5.54 Å². The number of benzene rings is 1. The Hall–Kier alpha value is -1.08. The molecule has 0 saturated carbocycles. The second-order valence-electron chi connectivity index (χ2n) is 5.15. The number of allylic oxidation sites excluding steroid dienone is 1. The van der Waals surface area contributed by atoms with Crippen molar-refractivity contribution < 1.29 is 0 Å². The maximum Gasteiger partial charge on any atom is 0.0389 e. The van der Waals surface area contributed by atoms with E-state index < -0.39 is 0 Å². The van der Waals surface area contributed by atoms with Gasteiger partial charge in [-0.15, -0.1) is 6.58 Å². The minimum Gasteiger partial charge on any atom is -0.322 e. The highest BCUT2D eigenvalue weighted by atomic mass is 14.7. The summed E-state index contributed by atoms with van der Waals surface area (Å²) < 4.78 is 0. The fraction of sp³-hybridized carbons (Fsp3) is 0.429. The van der Waals surface area contributed by atoms with E-state index in [4.69, 9.17) is 5.73 Å². The summed E-state index contributed by atoms with van der Waals surface area (Å²) in [5, 5.41) is 0. The fourth-order valence-corrected chi connectivity index (χ4v) is 1.94. The van der Waals surface area contributed by atoms with Gasteiger partial charge in [-0.05, 0) is 24.3 Å². The Labute approximate surface area is 93.0 Å². The number of hydrogen-bond acceptors (Lipinski definition) is 1. The van der Waals surface area contributed by atoms with E-state index in [0.717, 1.165) is 6.42 Å². The lowest BCUT2D eigenvalue weighted by Gasteiger charge is -2.33. The Morgan fingerprint density at radius 3 is 2.20 bits per heavy atom. The molecule has 15 heavy (non-hydrogen) atoms. The van der Waals surface area contributed by atoms with Crippen LogP contribution < -0.4 is 5.73 Å². The zero-order valence-corrected chi connectivity index (χ0v) is 9.96. The van der Waals surface area contributed by atoms with Crippen LogP contribution in [0.1, 0.15) is 32.8 Å². The van der Waals surface area contributed by atoms with Gasteiger partial charge in [0.15, 0.2) is 0 Å². The number of hydrogen-bond donors (Lipinski definition) is 1. The minimum absolute atomic E-state index is 0.0688. The van der Waals surface area contributed by atoms with E-state index in [9.17, 15) is 0 Å². The van der Waals surface area contributed by atoms with Crippen LogP contribution >= 0.6 is 0 Å². The van der Waals surface area contributed by atoms with E-state index in [0.29, 0.717) is 0 Å². The van der Waals surface area contributed by atoms with Crippen molar-refractivity contribution in [1.82, 2.24) is 0 Å². The third kappa shape index (κ3) is 3.21. The zero-order valence-electron chi connectivity index (χ0n) is 9.96. The molecular weight excluding hydrogens is 182 g/mol. The third-order valence-corrected chi connectivity index (χ3v) is 2.81. The molecule has 0 aromatic heterocycles. The molecule has 1 rings (SSSR count). The summed E-state index contributed by atoms with van der Waals surface area (Å²) in [5.74, 6) is 0. The highest BCUT2D eigenvalue weighted by molar-refractivity contribution is 5.23. The van der Waals surface area contributed by atoms with Crippen molar-refractivity contribution in [2.24, 2.45) is 11.1 Å². The molecule has 1 nitrogen and oxygen atoms in total. The highest BCUT2D eigenvalue weighted by Crippen LogP contribution is 2.33. The number of nitrogens with two attached hydrogens (primary N) is 1. The normalized spacial score (nSPS) is 15.7. The summed E-state index contributed by atoms with van der Waals surface area (Å²) in [6.07, 6.45) is 2.87. The minimum atomic E-state index is -0.293. The van der Waals surface area contributed by atoms with Crippen LogP contribution in [0.25, 0.3) is 0 Å². The van der Waals surface area contributed by atoms with Crippen molar-refractivity contribution in [1.29, 1.82) is 0 Å². The first-order valence-corrected chi connectivity index (χ1v) is 5.35. The summed E-state index contributed by atoms with van der Waals surface area (Å²) in [5.41, 5.74) is 7.31. The zero-order chi connectivity index (χ0) is 11.5. The van der Waals surface area contributed by atoms with Gasteiger partial charge in [-0.1, -0.05) is 50.3 Å². The van der Waals surface area contributed by atoms with Crippen molar-refractivity contribution in [3.63, 3.8) is 0 Å². The Bertz CT molecular complexity index is 322. The molecule has 0 radical (unpaired) electrons. The molecule has 0 amide bonds. The van der Waals surface area contributed by atoms with Gasteiger partial charge in [-0.25, -0.2) is 0 Å². The predicted octanol–water partition coefficient (Wildman–Crippen LogP) is 3.46. The van der Waals surface area contributed by atoms with E-state index in [2.05, 4.69) is 39.5 Å². The van der Waals surface area contributed by atoms with Crippen molar-refractivity contribution >= 4 is 0 Å². The van der Waals surface area contributed by atoms with Crippen LogP contribution in [0, 0.1) is 5.41 Å². The van der Waals surface area contributed by atoms with Crippen LogP contribution in [0.3, 0.4) is 0 Å². The molecule has 1 aromatic rings. The molecule has 0 aliphatic heterocycles. The first kappa shape index (κ1) is 12.0. The Balaban J connectivity index is 2.89. The molecule has 0 saturated heterocycles. The van der Waals surface area contributed by atoms with E-state index in [-0.39, 0.29) is 11.0 Å². The lowest BCUT2D eigenvalue weighted by Crippen LogP contribution is -2.37. The summed E-state index contributed by atoms with van der Waals surface area (Å²) in [6, 6.07) is 10.2. The Morgan fingerprint density at radius 1 is 1.20 bits per heavy atom. The standard InChI is InChI=1S/C14H21N/c1-5-13(2,3)11-14(4,15)12-9-7-6-8-10-12/h5-10H,1,11,15H2,2-4H3/t14-/m1/s1. The molecule has 2 N–H and O–H groups in total. The smallest absolute Gasteiger partial charge is 0.0389 e. The van der Waals surface area contributed by atoms with Gasteiger partial charge >= 0.3 is 0 Å². The van der Waals surface area contributed by atoms with E-state index in [1.165, 1.54) is 5.56 Å². The maximum absolute atomic E-state index is 6.35. The fourth-order valence-electron chi connectivity index (χ4n) is 1.94. The van der Waals surface area contributed by atoms with Gasteiger partial charge in [-0.2, -0.15) is 0 Å². The van der Waals surface area contributed by atoms with Crippen molar-refractivity contribution in [3.8, 4) is 0 Å². The van der Waals surface area contributed by atoms with Crippen LogP contribution in [0.2, 0.25) is 0 Å². The monoisotopic (exact) mass is 203 g/mol. The molecule has 0 heterocycles.